The summed E-state index contributed by atoms with van der Waals surface area (Å²) < 4.78 is 5.71. The number of nitrogens with zero attached hydrogens (tertiary/aromatic N) is 1. The number of amides is 3. The molecule has 1 aromatic heterocycles. The van der Waals surface area contributed by atoms with Crippen LogP contribution in [0.15, 0.2) is 33.3 Å². The molecular weight excluding hydrogens is 352 g/mol. The molecule has 0 radical (unpaired) electrons. The Bertz CT molecular complexity index is 699. The van der Waals surface area contributed by atoms with Crippen molar-refractivity contribution in [2.24, 2.45) is 0 Å². The van der Waals surface area contributed by atoms with Crippen LogP contribution in [-0.2, 0) is 4.79 Å². The Balaban J connectivity index is 1.79. The fourth-order valence-corrected chi connectivity index (χ4v) is 2.00. The number of carbonyl (C=O) groups excluding carboxylic acids is 2. The van der Waals surface area contributed by atoms with Crippen LogP contribution in [0.3, 0.4) is 0 Å². The zero-order valence-corrected chi connectivity index (χ0v) is 13.7. The van der Waals surface area contributed by atoms with Gasteiger partial charge >= 0.3 is 6.03 Å². The highest BCUT2D eigenvalue weighted by Gasteiger charge is 2.08. The molecule has 2 rings (SSSR count). The van der Waals surface area contributed by atoms with E-state index in [4.69, 9.17) is 4.52 Å². The maximum Gasteiger partial charge on any atom is 0.319 e. The molecule has 0 saturated carbocycles. The lowest BCUT2D eigenvalue weighted by atomic mass is 10.2. The van der Waals surface area contributed by atoms with Crippen molar-refractivity contribution in [3.63, 3.8) is 0 Å². The van der Waals surface area contributed by atoms with Crippen LogP contribution in [0.5, 0.6) is 0 Å². The molecule has 0 aliphatic rings. The summed E-state index contributed by atoms with van der Waals surface area (Å²) in [6.07, 6.45) is 0. The maximum atomic E-state index is 11.7. The van der Waals surface area contributed by atoms with E-state index in [2.05, 4.69) is 37.0 Å². The first-order valence-corrected chi connectivity index (χ1v) is 7.27. The Kier molecular flexibility index (Phi) is 5.16. The molecule has 2 aromatic rings. The normalized spacial score (nSPS) is 10.1. The van der Waals surface area contributed by atoms with Gasteiger partial charge in [-0.05, 0) is 31.5 Å². The van der Waals surface area contributed by atoms with Crippen molar-refractivity contribution in [1.29, 1.82) is 0 Å². The molecule has 0 unspecified atom stereocenters. The minimum Gasteiger partial charge on any atom is -0.360 e. The first-order valence-electron chi connectivity index (χ1n) is 6.48. The van der Waals surface area contributed by atoms with E-state index >= 15 is 0 Å². The zero-order valence-electron chi connectivity index (χ0n) is 12.1. The SMILES string of the molecule is Cc1cc(NC(=O)CNC(=O)Nc2ccc(C)c(Br)c2)no1. The number of aryl methyl sites for hydroxylation is 2. The van der Waals surface area contributed by atoms with Crippen LogP contribution < -0.4 is 16.0 Å². The molecule has 0 bridgehead atoms. The van der Waals surface area contributed by atoms with Crippen molar-refractivity contribution in [3.05, 3.63) is 40.1 Å². The van der Waals surface area contributed by atoms with Gasteiger partial charge in [-0.2, -0.15) is 0 Å². The maximum absolute atomic E-state index is 11.7. The second-order valence-electron chi connectivity index (χ2n) is 4.64. The van der Waals surface area contributed by atoms with Gasteiger partial charge < -0.3 is 20.5 Å². The molecule has 0 aliphatic carbocycles. The van der Waals surface area contributed by atoms with E-state index in [0.717, 1.165) is 10.0 Å². The highest BCUT2D eigenvalue weighted by Crippen LogP contribution is 2.20. The number of carbonyl (C=O) groups is 2. The van der Waals surface area contributed by atoms with Gasteiger partial charge in [-0.1, -0.05) is 27.2 Å². The number of hydrogen-bond donors (Lipinski definition) is 3. The van der Waals surface area contributed by atoms with Gasteiger partial charge in [-0.15, -0.1) is 0 Å². The minimum absolute atomic E-state index is 0.176. The average Bonchev–Trinajstić information content (AvgIpc) is 2.86. The predicted molar refractivity (Wildman–Crippen MR) is 85.8 cm³/mol. The smallest absolute Gasteiger partial charge is 0.319 e. The lowest BCUT2D eigenvalue weighted by Gasteiger charge is -2.08. The summed E-state index contributed by atoms with van der Waals surface area (Å²) in [7, 11) is 0. The summed E-state index contributed by atoms with van der Waals surface area (Å²) in [5.41, 5.74) is 1.69. The van der Waals surface area contributed by atoms with Crippen molar-refractivity contribution >= 4 is 39.4 Å². The molecule has 0 fully saturated rings. The van der Waals surface area contributed by atoms with Gasteiger partial charge in [-0.3, -0.25) is 4.79 Å². The molecule has 1 aromatic carbocycles. The number of nitrogens with one attached hydrogen (secondary N) is 3. The van der Waals surface area contributed by atoms with Crippen LogP contribution in [0.25, 0.3) is 0 Å². The van der Waals surface area contributed by atoms with Gasteiger partial charge in [0.2, 0.25) is 5.91 Å². The Hall–Kier alpha value is -2.35. The number of rotatable bonds is 4. The van der Waals surface area contributed by atoms with Crippen molar-refractivity contribution in [1.82, 2.24) is 10.5 Å². The Morgan fingerprint density at radius 3 is 2.64 bits per heavy atom. The highest BCUT2D eigenvalue weighted by atomic mass is 79.9. The number of urea groups is 1. The Morgan fingerprint density at radius 2 is 2.00 bits per heavy atom. The van der Waals surface area contributed by atoms with Crippen LogP contribution in [0, 0.1) is 13.8 Å². The molecule has 0 aliphatic heterocycles. The van der Waals surface area contributed by atoms with E-state index in [0.29, 0.717) is 17.3 Å². The Morgan fingerprint density at radius 1 is 1.23 bits per heavy atom. The quantitative estimate of drug-likeness (QED) is 0.774. The van der Waals surface area contributed by atoms with E-state index in [1.165, 1.54) is 0 Å². The van der Waals surface area contributed by atoms with E-state index in [1.807, 2.05) is 13.0 Å². The molecule has 8 heteroatoms. The summed E-state index contributed by atoms with van der Waals surface area (Å²) in [6, 6.07) is 6.55. The van der Waals surface area contributed by atoms with Crippen LogP contribution in [0.1, 0.15) is 11.3 Å². The van der Waals surface area contributed by atoms with Crippen molar-refractivity contribution in [3.8, 4) is 0 Å². The molecule has 0 saturated heterocycles. The van der Waals surface area contributed by atoms with Gasteiger partial charge in [-0.25, -0.2) is 4.79 Å². The standard InChI is InChI=1S/C14H15BrN4O3/c1-8-3-4-10(6-11(8)15)17-14(21)16-7-13(20)18-12-5-9(2)22-19-12/h3-6H,7H2,1-2H3,(H2,16,17,21)(H,18,19,20). The van der Waals surface area contributed by atoms with Crippen molar-refractivity contribution < 1.29 is 14.1 Å². The highest BCUT2D eigenvalue weighted by molar-refractivity contribution is 9.10. The summed E-state index contributed by atoms with van der Waals surface area (Å²) >= 11 is 3.39. The second kappa shape index (κ2) is 7.08. The number of halogens is 1. The lowest BCUT2D eigenvalue weighted by molar-refractivity contribution is -0.115. The first-order chi connectivity index (χ1) is 10.4. The van der Waals surface area contributed by atoms with Crippen LogP contribution >= 0.6 is 15.9 Å². The van der Waals surface area contributed by atoms with E-state index in [-0.39, 0.29) is 6.54 Å². The zero-order chi connectivity index (χ0) is 16.1. The third-order valence-electron chi connectivity index (χ3n) is 2.73. The summed E-state index contributed by atoms with van der Waals surface area (Å²) in [4.78, 5) is 23.4. The van der Waals surface area contributed by atoms with Gasteiger partial charge in [0.15, 0.2) is 5.82 Å². The van der Waals surface area contributed by atoms with Crippen molar-refractivity contribution in [2.75, 3.05) is 17.2 Å². The lowest BCUT2D eigenvalue weighted by Crippen LogP contribution is -2.35. The first kappa shape index (κ1) is 16.0. The number of benzene rings is 1. The van der Waals surface area contributed by atoms with Gasteiger partial charge in [0, 0.05) is 16.2 Å². The van der Waals surface area contributed by atoms with Crippen molar-refractivity contribution in [2.45, 2.75) is 13.8 Å². The molecule has 3 amide bonds. The number of anilines is 2. The second-order valence-corrected chi connectivity index (χ2v) is 5.50. The van der Waals surface area contributed by atoms with Gasteiger partial charge in [0.25, 0.3) is 0 Å². The number of aromatic nitrogens is 1. The summed E-state index contributed by atoms with van der Waals surface area (Å²) in [5.74, 6) is 0.506. The molecule has 22 heavy (non-hydrogen) atoms. The van der Waals surface area contributed by atoms with Crippen LogP contribution in [-0.4, -0.2) is 23.6 Å². The molecule has 7 nitrogen and oxygen atoms in total. The monoisotopic (exact) mass is 366 g/mol. The minimum atomic E-state index is -0.470. The molecule has 3 N–H and O–H groups in total. The average molecular weight is 367 g/mol. The largest absolute Gasteiger partial charge is 0.360 e. The fraction of sp³-hybridized carbons (Fsp3) is 0.214. The molecule has 0 spiro atoms. The van der Waals surface area contributed by atoms with Crippen LogP contribution in [0.2, 0.25) is 0 Å². The number of hydrogen-bond acceptors (Lipinski definition) is 4. The van der Waals surface area contributed by atoms with Crippen LogP contribution in [0.4, 0.5) is 16.3 Å². The molecular formula is C14H15BrN4O3. The van der Waals surface area contributed by atoms with E-state index in [9.17, 15) is 9.59 Å². The third-order valence-corrected chi connectivity index (χ3v) is 3.59. The summed E-state index contributed by atoms with van der Waals surface area (Å²) in [5, 5.41) is 11.2. The van der Waals surface area contributed by atoms with Gasteiger partial charge in [0.05, 0.1) is 6.54 Å². The fourth-order valence-electron chi connectivity index (χ4n) is 1.62. The van der Waals surface area contributed by atoms with E-state index in [1.54, 1.807) is 25.1 Å². The molecule has 116 valence electrons. The topological polar surface area (TPSA) is 96.3 Å². The summed E-state index contributed by atoms with van der Waals surface area (Å²) in [6.45, 7) is 3.49. The Labute approximate surface area is 135 Å². The molecule has 1 heterocycles. The molecule has 0 atom stereocenters. The van der Waals surface area contributed by atoms with E-state index < -0.39 is 11.9 Å². The predicted octanol–water partition coefficient (Wildman–Crippen LogP) is 2.81. The van der Waals surface area contributed by atoms with Gasteiger partial charge in [0.1, 0.15) is 5.76 Å². The third kappa shape index (κ3) is 4.59.